The molecule has 0 saturated heterocycles. The number of anilines is 2. The van der Waals surface area contributed by atoms with Crippen molar-refractivity contribution in [3.05, 3.63) is 52.7 Å². The van der Waals surface area contributed by atoms with Crippen molar-refractivity contribution >= 4 is 44.7 Å². The van der Waals surface area contributed by atoms with Gasteiger partial charge in [-0.2, -0.15) is 4.31 Å². The van der Waals surface area contributed by atoms with Gasteiger partial charge in [-0.05, 0) is 50.4 Å². The number of ether oxygens (including phenoxy) is 1. The molecule has 0 saturated carbocycles. The number of likely N-dealkylation sites (N-methyl/N-ethyl adjacent to an activating group) is 1. The molecule has 3 atom stereocenters. The van der Waals surface area contributed by atoms with Crippen molar-refractivity contribution in [2.75, 3.05) is 37.4 Å². The summed E-state index contributed by atoms with van der Waals surface area (Å²) in [6, 6.07) is 6.83. The van der Waals surface area contributed by atoms with Crippen molar-refractivity contribution in [2.24, 2.45) is 5.92 Å². The van der Waals surface area contributed by atoms with E-state index in [-0.39, 0.29) is 47.0 Å². The number of hydrogen-bond acceptors (Lipinski definition) is 9. The van der Waals surface area contributed by atoms with Crippen LogP contribution in [0.1, 0.15) is 35.7 Å². The fraction of sp³-hybridized carbons (Fsp3) is 0.423. The fourth-order valence-corrected chi connectivity index (χ4v) is 6.75. The predicted molar refractivity (Wildman–Crippen MR) is 150 cm³/mol. The summed E-state index contributed by atoms with van der Waals surface area (Å²) in [7, 11) is -2.23. The minimum atomic E-state index is -3.72. The molecular weight excluding hydrogens is 558 g/mol. The van der Waals surface area contributed by atoms with Gasteiger partial charge in [-0.3, -0.25) is 4.79 Å². The molecule has 3 N–H and O–H groups in total. The van der Waals surface area contributed by atoms with E-state index in [1.807, 2.05) is 6.92 Å². The van der Waals surface area contributed by atoms with E-state index in [0.29, 0.717) is 22.8 Å². The maximum absolute atomic E-state index is 13.6. The highest BCUT2D eigenvalue weighted by Gasteiger charge is 2.35. The number of fused-ring (bicyclic) bond motifs is 1. The van der Waals surface area contributed by atoms with Gasteiger partial charge in [0.15, 0.2) is 5.76 Å². The van der Waals surface area contributed by atoms with Crippen LogP contribution in [0.25, 0.3) is 0 Å². The first-order valence-electron chi connectivity index (χ1n) is 12.7. The van der Waals surface area contributed by atoms with E-state index in [4.69, 9.17) is 9.26 Å². The van der Waals surface area contributed by atoms with Gasteiger partial charge in [-0.15, -0.1) is 11.3 Å². The van der Waals surface area contributed by atoms with E-state index in [9.17, 15) is 23.1 Å². The number of urea groups is 1. The number of aliphatic hydroxyl groups excluding tert-OH is 1. The second-order valence-electron chi connectivity index (χ2n) is 9.83. The maximum atomic E-state index is 13.6. The van der Waals surface area contributed by atoms with Gasteiger partial charge in [-0.1, -0.05) is 18.1 Å². The van der Waals surface area contributed by atoms with Gasteiger partial charge in [0.25, 0.3) is 15.9 Å². The van der Waals surface area contributed by atoms with Crippen molar-refractivity contribution in [2.45, 2.75) is 44.0 Å². The van der Waals surface area contributed by atoms with E-state index < -0.39 is 28.2 Å². The SMILES string of the molecule is Cc1noc(C)c1NC(=O)Nc1ccc2c(c1)C(=O)N([C@H](C)CO)C[C@@H](C)[C@@H](CN(C)S(=O)(=O)c1cccs1)O2. The lowest BCUT2D eigenvalue weighted by molar-refractivity contribution is 0.0387. The number of nitrogens with one attached hydrogen (secondary N) is 2. The lowest BCUT2D eigenvalue weighted by Gasteiger charge is -2.38. The fourth-order valence-electron chi connectivity index (χ4n) is 4.37. The third-order valence-corrected chi connectivity index (χ3v) is 9.99. The number of hydrogen-bond donors (Lipinski definition) is 3. The van der Waals surface area contributed by atoms with Gasteiger partial charge >= 0.3 is 6.03 Å². The molecule has 0 bridgehead atoms. The molecule has 0 unspecified atom stereocenters. The van der Waals surface area contributed by atoms with E-state index in [1.165, 1.54) is 17.4 Å². The summed E-state index contributed by atoms with van der Waals surface area (Å²) in [4.78, 5) is 27.9. The number of aryl methyl sites for hydroxylation is 2. The van der Waals surface area contributed by atoms with Crippen LogP contribution in [0.5, 0.6) is 5.75 Å². The molecule has 14 heteroatoms. The molecule has 0 radical (unpaired) electrons. The molecule has 3 heterocycles. The standard InChI is InChI=1S/C26H33N5O7S2/c1-15-12-31(16(2)14-32)25(33)20-11-19(27-26(34)28-24-17(3)29-38-18(24)4)8-9-21(20)37-22(15)13-30(5)40(35,36)23-7-6-10-39-23/h6-11,15-16,22,32H,12-14H2,1-5H3,(H2,27,28,34)/t15-,16-,22-/m1/s1. The highest BCUT2D eigenvalue weighted by molar-refractivity contribution is 7.91. The highest BCUT2D eigenvalue weighted by atomic mass is 32.2. The molecule has 216 valence electrons. The Balaban J connectivity index is 1.62. The number of carbonyl (C=O) groups is 2. The minimum Gasteiger partial charge on any atom is -0.488 e. The lowest BCUT2D eigenvalue weighted by atomic mass is 9.99. The van der Waals surface area contributed by atoms with Crippen LogP contribution < -0.4 is 15.4 Å². The average molecular weight is 592 g/mol. The molecule has 12 nitrogen and oxygen atoms in total. The Bertz CT molecular complexity index is 1450. The number of benzene rings is 1. The number of sulfonamides is 1. The van der Waals surface area contributed by atoms with E-state index in [2.05, 4.69) is 15.8 Å². The van der Waals surface area contributed by atoms with Crippen molar-refractivity contribution in [1.29, 1.82) is 0 Å². The quantitative estimate of drug-likeness (QED) is 0.359. The number of aliphatic hydroxyl groups is 1. The molecule has 2 aromatic heterocycles. The summed E-state index contributed by atoms with van der Waals surface area (Å²) in [5.41, 5.74) is 1.48. The Morgan fingerprint density at radius 3 is 2.67 bits per heavy atom. The summed E-state index contributed by atoms with van der Waals surface area (Å²) in [5.74, 6) is 0.0476. The summed E-state index contributed by atoms with van der Waals surface area (Å²) in [5, 5.41) is 20.8. The Labute approximate surface area is 237 Å². The summed E-state index contributed by atoms with van der Waals surface area (Å²) >= 11 is 1.13. The van der Waals surface area contributed by atoms with Crippen LogP contribution in [0.4, 0.5) is 16.2 Å². The van der Waals surface area contributed by atoms with Crippen LogP contribution in [-0.4, -0.2) is 78.7 Å². The van der Waals surface area contributed by atoms with Gasteiger partial charge in [0.05, 0.1) is 24.8 Å². The smallest absolute Gasteiger partial charge is 0.323 e. The first-order valence-corrected chi connectivity index (χ1v) is 15.0. The largest absolute Gasteiger partial charge is 0.488 e. The normalized spacial score (nSPS) is 18.5. The molecule has 1 aromatic carbocycles. The van der Waals surface area contributed by atoms with Crippen molar-refractivity contribution in [3.8, 4) is 5.75 Å². The van der Waals surface area contributed by atoms with Gasteiger partial charge in [-0.25, -0.2) is 13.2 Å². The van der Waals surface area contributed by atoms with Gasteiger partial charge in [0, 0.05) is 25.2 Å². The zero-order valence-corrected chi connectivity index (χ0v) is 24.5. The van der Waals surface area contributed by atoms with Crippen molar-refractivity contribution in [3.63, 3.8) is 0 Å². The van der Waals surface area contributed by atoms with Gasteiger partial charge in [0.1, 0.15) is 27.4 Å². The molecule has 1 aliphatic rings. The second kappa shape index (κ2) is 12.0. The third kappa shape index (κ3) is 6.14. The maximum Gasteiger partial charge on any atom is 0.323 e. The van der Waals surface area contributed by atoms with Crippen LogP contribution in [0.2, 0.25) is 0 Å². The number of aromatic nitrogens is 1. The number of rotatable bonds is 8. The molecule has 4 rings (SSSR count). The van der Waals surface area contributed by atoms with Gasteiger partial charge < -0.3 is 29.9 Å². The summed E-state index contributed by atoms with van der Waals surface area (Å²) < 4.78 is 39.0. The van der Waals surface area contributed by atoms with Crippen LogP contribution in [0, 0.1) is 19.8 Å². The summed E-state index contributed by atoms with van der Waals surface area (Å²) in [6.45, 7) is 6.98. The Hall–Kier alpha value is -3.46. The average Bonchev–Trinajstić information content (AvgIpc) is 3.57. The molecule has 0 spiro atoms. The minimum absolute atomic E-state index is 0.0379. The number of nitrogens with zero attached hydrogens (tertiary/aromatic N) is 3. The predicted octanol–water partition coefficient (Wildman–Crippen LogP) is 3.54. The van der Waals surface area contributed by atoms with E-state index in [1.54, 1.807) is 55.3 Å². The number of thiophene rings is 1. The van der Waals surface area contributed by atoms with E-state index in [0.717, 1.165) is 11.3 Å². The Morgan fingerprint density at radius 1 is 1.30 bits per heavy atom. The molecule has 3 amide bonds. The second-order valence-corrected chi connectivity index (χ2v) is 13.0. The Morgan fingerprint density at radius 2 is 2.05 bits per heavy atom. The van der Waals surface area contributed by atoms with Crippen LogP contribution in [0.3, 0.4) is 0 Å². The molecule has 0 aliphatic carbocycles. The molecule has 40 heavy (non-hydrogen) atoms. The van der Waals surface area contributed by atoms with Crippen LogP contribution in [-0.2, 0) is 10.0 Å². The topological polar surface area (TPSA) is 154 Å². The third-order valence-electron chi connectivity index (χ3n) is 6.79. The molecule has 3 aromatic rings. The summed E-state index contributed by atoms with van der Waals surface area (Å²) in [6.07, 6.45) is -0.610. The van der Waals surface area contributed by atoms with Crippen LogP contribution >= 0.6 is 11.3 Å². The first kappa shape index (κ1) is 29.5. The Kier molecular flexibility index (Phi) is 8.83. The zero-order chi connectivity index (χ0) is 29.2. The monoisotopic (exact) mass is 591 g/mol. The first-order chi connectivity index (χ1) is 18.9. The van der Waals surface area contributed by atoms with Crippen LogP contribution in [0.15, 0.2) is 44.4 Å². The number of carbonyl (C=O) groups excluding carboxylic acids is 2. The molecular formula is C26H33N5O7S2. The van der Waals surface area contributed by atoms with Gasteiger partial charge in [0.2, 0.25) is 0 Å². The molecule has 0 fully saturated rings. The number of amides is 3. The highest BCUT2D eigenvalue weighted by Crippen LogP contribution is 2.31. The zero-order valence-electron chi connectivity index (χ0n) is 22.9. The molecule has 1 aliphatic heterocycles. The van der Waals surface area contributed by atoms with Crippen molar-refractivity contribution < 1.29 is 32.4 Å². The lowest BCUT2D eigenvalue weighted by Crippen LogP contribution is -2.50. The van der Waals surface area contributed by atoms with Crippen molar-refractivity contribution in [1.82, 2.24) is 14.4 Å². The van der Waals surface area contributed by atoms with E-state index >= 15 is 0 Å².